The normalized spacial score (nSPS) is 12.3. The molecule has 0 aliphatic rings. The topological polar surface area (TPSA) is 133 Å². The van der Waals surface area contributed by atoms with E-state index in [9.17, 15) is 13.2 Å². The van der Waals surface area contributed by atoms with Crippen LogP contribution in [0.4, 0.5) is 5.69 Å². The van der Waals surface area contributed by atoms with E-state index in [2.05, 4.69) is 20.2 Å². The van der Waals surface area contributed by atoms with Gasteiger partial charge in [-0.25, -0.2) is 13.1 Å². The van der Waals surface area contributed by atoms with E-state index in [1.165, 1.54) is 31.4 Å². The molecule has 0 saturated heterocycles. The third kappa shape index (κ3) is 6.85. The van der Waals surface area contributed by atoms with E-state index in [-0.39, 0.29) is 36.3 Å². The molecule has 3 rings (SSSR count). The molecule has 176 valence electrons. The second-order valence-corrected chi connectivity index (χ2v) is 9.00. The zero-order chi connectivity index (χ0) is 23.8. The summed E-state index contributed by atoms with van der Waals surface area (Å²) in [5, 5.41) is 6.66. The Morgan fingerprint density at radius 2 is 1.79 bits per heavy atom. The molecule has 0 bridgehead atoms. The summed E-state index contributed by atoms with van der Waals surface area (Å²) in [4.78, 5) is 16.7. The van der Waals surface area contributed by atoms with Gasteiger partial charge in [0, 0.05) is 37.2 Å². The highest BCUT2D eigenvalue weighted by atomic mass is 32.2. The van der Waals surface area contributed by atoms with Gasteiger partial charge in [0.2, 0.25) is 27.6 Å². The largest absolute Gasteiger partial charge is 0.497 e. The van der Waals surface area contributed by atoms with E-state index >= 15 is 0 Å². The number of aromatic nitrogens is 2. The Labute approximate surface area is 192 Å². The maximum absolute atomic E-state index is 12.4. The Kier molecular flexibility index (Phi) is 8.15. The smallest absolute Gasteiger partial charge is 0.240 e. The van der Waals surface area contributed by atoms with Crippen LogP contribution in [0, 0.1) is 0 Å². The van der Waals surface area contributed by atoms with Crippen LogP contribution in [0.3, 0.4) is 0 Å². The van der Waals surface area contributed by atoms with Gasteiger partial charge in [-0.15, -0.1) is 0 Å². The number of methoxy groups -OCH3 is 2. The van der Waals surface area contributed by atoms with Crippen molar-refractivity contribution in [2.24, 2.45) is 0 Å². The van der Waals surface area contributed by atoms with Crippen LogP contribution in [-0.2, 0) is 26.0 Å². The van der Waals surface area contributed by atoms with Crippen LogP contribution >= 0.6 is 0 Å². The third-order valence-electron chi connectivity index (χ3n) is 4.60. The quantitative estimate of drug-likeness (QED) is 0.433. The first-order chi connectivity index (χ1) is 15.8. The van der Waals surface area contributed by atoms with Gasteiger partial charge in [-0.3, -0.25) is 4.79 Å². The van der Waals surface area contributed by atoms with Crippen molar-refractivity contribution in [3.63, 3.8) is 0 Å². The number of carbonyl (C=O) groups excluding carboxylic acids is 1. The van der Waals surface area contributed by atoms with Crippen molar-refractivity contribution in [2.75, 3.05) is 26.1 Å². The fraction of sp³-hybridized carbons (Fsp3) is 0.318. The monoisotopic (exact) mass is 474 g/mol. The molecule has 1 aromatic heterocycles. The molecule has 10 nitrogen and oxygen atoms in total. The summed E-state index contributed by atoms with van der Waals surface area (Å²) in [5.41, 5.74) is 1.25. The lowest BCUT2D eigenvalue weighted by Crippen LogP contribution is -2.35. The van der Waals surface area contributed by atoms with Crippen LogP contribution in [0.1, 0.15) is 19.2 Å². The fourth-order valence-electron chi connectivity index (χ4n) is 2.99. The van der Waals surface area contributed by atoms with Crippen molar-refractivity contribution in [1.82, 2.24) is 14.9 Å². The number of nitrogens with one attached hydrogen (secondary N) is 2. The van der Waals surface area contributed by atoms with Crippen molar-refractivity contribution in [1.29, 1.82) is 0 Å². The lowest BCUT2D eigenvalue weighted by molar-refractivity contribution is -0.116. The van der Waals surface area contributed by atoms with Gasteiger partial charge in [0.25, 0.3) is 0 Å². The summed E-state index contributed by atoms with van der Waals surface area (Å²) in [6.07, 6.45) is 0.392. The first kappa shape index (κ1) is 24.4. The highest BCUT2D eigenvalue weighted by Crippen LogP contribution is 2.20. The van der Waals surface area contributed by atoms with Gasteiger partial charge in [-0.1, -0.05) is 5.16 Å². The number of hydrogen-bond acceptors (Lipinski definition) is 8. The molecule has 0 aliphatic carbocycles. The number of sulfonamides is 1. The molecule has 1 unspecified atom stereocenters. The van der Waals surface area contributed by atoms with Crippen LogP contribution < -0.4 is 14.8 Å². The number of nitrogens with zero attached hydrogens (tertiary/aromatic N) is 2. The van der Waals surface area contributed by atoms with Gasteiger partial charge in [0.05, 0.1) is 18.6 Å². The second-order valence-electron chi connectivity index (χ2n) is 7.29. The van der Waals surface area contributed by atoms with E-state index in [1.54, 1.807) is 26.2 Å². The molecule has 0 saturated carbocycles. The molecule has 2 aromatic carbocycles. The minimum Gasteiger partial charge on any atom is -0.497 e. The predicted octanol–water partition coefficient (Wildman–Crippen LogP) is 2.63. The highest BCUT2D eigenvalue weighted by molar-refractivity contribution is 7.89. The lowest BCUT2D eigenvalue weighted by atomic mass is 10.2. The van der Waals surface area contributed by atoms with Crippen LogP contribution in [0.15, 0.2) is 57.9 Å². The number of benzene rings is 2. The fourth-order valence-corrected chi connectivity index (χ4v) is 4.22. The molecular formula is C22H26N4O6S. The minimum atomic E-state index is -3.68. The molecule has 0 radical (unpaired) electrons. The van der Waals surface area contributed by atoms with E-state index in [0.29, 0.717) is 17.4 Å². The average molecular weight is 475 g/mol. The molecule has 11 heteroatoms. The van der Waals surface area contributed by atoms with E-state index < -0.39 is 10.0 Å². The number of ether oxygens (including phenoxy) is 2. The molecule has 1 atom stereocenters. The molecular weight excluding hydrogens is 448 g/mol. The van der Waals surface area contributed by atoms with Gasteiger partial charge >= 0.3 is 0 Å². The Morgan fingerprint density at radius 1 is 1.09 bits per heavy atom. The van der Waals surface area contributed by atoms with E-state index in [0.717, 1.165) is 11.3 Å². The van der Waals surface area contributed by atoms with Crippen LogP contribution in [0.25, 0.3) is 11.4 Å². The lowest BCUT2D eigenvalue weighted by Gasteiger charge is -2.13. The van der Waals surface area contributed by atoms with Crippen LogP contribution in [0.5, 0.6) is 5.75 Å². The van der Waals surface area contributed by atoms with Crippen LogP contribution in [0.2, 0.25) is 0 Å². The Morgan fingerprint density at radius 3 is 2.42 bits per heavy atom. The molecule has 1 amide bonds. The van der Waals surface area contributed by atoms with E-state index in [1.807, 2.05) is 12.1 Å². The predicted molar refractivity (Wildman–Crippen MR) is 121 cm³/mol. The molecule has 0 aliphatic heterocycles. The zero-order valence-corrected chi connectivity index (χ0v) is 19.4. The van der Waals surface area contributed by atoms with Crippen molar-refractivity contribution in [2.45, 2.75) is 30.7 Å². The molecule has 0 fully saturated rings. The molecule has 3 aromatic rings. The average Bonchev–Trinajstić information content (AvgIpc) is 3.27. The summed E-state index contributed by atoms with van der Waals surface area (Å²) in [6.45, 7) is 1.97. The number of carbonyl (C=O) groups is 1. The molecule has 0 spiro atoms. The third-order valence-corrected chi connectivity index (χ3v) is 6.21. The Bertz CT molecular complexity index is 1160. The minimum absolute atomic E-state index is 0.0976. The first-order valence-corrected chi connectivity index (χ1v) is 11.7. The summed E-state index contributed by atoms with van der Waals surface area (Å²) >= 11 is 0. The van der Waals surface area contributed by atoms with Gasteiger partial charge in [-0.2, -0.15) is 4.98 Å². The number of rotatable bonds is 11. The number of aryl methyl sites for hydroxylation is 1. The zero-order valence-electron chi connectivity index (χ0n) is 18.6. The summed E-state index contributed by atoms with van der Waals surface area (Å²) in [6, 6.07) is 12.8. The van der Waals surface area contributed by atoms with E-state index in [4.69, 9.17) is 14.0 Å². The molecule has 33 heavy (non-hydrogen) atoms. The first-order valence-electron chi connectivity index (χ1n) is 10.2. The van der Waals surface area contributed by atoms with Crippen molar-refractivity contribution in [3.05, 3.63) is 54.4 Å². The Hall–Kier alpha value is -3.28. The van der Waals surface area contributed by atoms with Crippen molar-refractivity contribution in [3.8, 4) is 17.1 Å². The summed E-state index contributed by atoms with van der Waals surface area (Å²) in [7, 11) is -0.586. The summed E-state index contributed by atoms with van der Waals surface area (Å²) < 4.78 is 42.5. The van der Waals surface area contributed by atoms with Gasteiger partial charge in [0.1, 0.15) is 5.75 Å². The SMILES string of the molecule is COCC(C)NS(=O)(=O)c1ccc(NC(=O)CCc2nc(-c3ccc(OC)cc3)no2)cc1. The van der Waals surface area contributed by atoms with Gasteiger partial charge in [-0.05, 0) is 55.5 Å². The molecule has 2 N–H and O–H groups in total. The Balaban J connectivity index is 1.52. The van der Waals surface area contributed by atoms with Crippen molar-refractivity contribution < 1.29 is 27.2 Å². The standard InChI is InChI=1S/C22H26N4O6S/c1-15(14-30-2)26-33(28,29)19-10-6-17(7-11-19)23-20(27)12-13-21-24-22(25-32-21)16-4-8-18(31-3)9-5-16/h4-11,15,26H,12-14H2,1-3H3,(H,23,27). The summed E-state index contributed by atoms with van der Waals surface area (Å²) in [5.74, 6) is 1.23. The number of amides is 1. The number of anilines is 1. The van der Waals surface area contributed by atoms with Gasteiger partial charge < -0.3 is 19.3 Å². The van der Waals surface area contributed by atoms with Crippen LogP contribution in [-0.4, -0.2) is 51.3 Å². The second kappa shape index (κ2) is 11.0. The maximum atomic E-state index is 12.4. The van der Waals surface area contributed by atoms with Crippen molar-refractivity contribution >= 4 is 21.6 Å². The highest BCUT2D eigenvalue weighted by Gasteiger charge is 2.17. The maximum Gasteiger partial charge on any atom is 0.240 e. The number of hydrogen-bond donors (Lipinski definition) is 2. The molecule has 1 heterocycles. The van der Waals surface area contributed by atoms with Gasteiger partial charge in [0.15, 0.2) is 0 Å².